The standard InChI is InChI=1S/C17H19N7O6S2.2Na/c18-8-9-19-15-22-16(20-11-4-6-13(7-5-11)31(25,26)27)24-17(23-15)21-12-2-1-3-14(10-12)32(28,29)30;;/h1-7,10H,8-9,18H2,(H,25,26,27)(H,28,29,30)(H3,19,20,21,22,23,24);;/q;2*+1/p-2. The van der Waals surface area contributed by atoms with Gasteiger partial charge >= 0.3 is 59.1 Å². The van der Waals surface area contributed by atoms with Crippen molar-refractivity contribution >= 4 is 49.5 Å². The molecule has 0 saturated heterocycles. The fourth-order valence-electron chi connectivity index (χ4n) is 2.44. The molecule has 0 amide bonds. The molecule has 13 nitrogen and oxygen atoms in total. The summed E-state index contributed by atoms with van der Waals surface area (Å²) in [6.45, 7) is 0.647. The number of nitrogens with zero attached hydrogens (tertiary/aromatic N) is 3. The first-order chi connectivity index (χ1) is 15.0. The van der Waals surface area contributed by atoms with Gasteiger partial charge in [0.15, 0.2) is 0 Å². The Hall–Kier alpha value is -1.37. The van der Waals surface area contributed by atoms with Gasteiger partial charge in [0.05, 0.1) is 9.79 Å². The smallest absolute Gasteiger partial charge is 0.744 e. The first kappa shape index (κ1) is 30.7. The number of nitrogens with two attached hydrogens (primary N) is 1. The molecule has 3 rings (SSSR count). The van der Waals surface area contributed by atoms with Gasteiger partial charge in [0.25, 0.3) is 0 Å². The molecule has 170 valence electrons. The number of hydrogen-bond acceptors (Lipinski definition) is 13. The quantitative estimate of drug-likeness (QED) is 0.152. The van der Waals surface area contributed by atoms with Gasteiger partial charge in [0, 0.05) is 24.5 Å². The van der Waals surface area contributed by atoms with Crippen LogP contribution in [-0.2, 0) is 20.2 Å². The molecule has 0 atom stereocenters. The van der Waals surface area contributed by atoms with Gasteiger partial charge in [-0.05, 0) is 42.5 Å². The van der Waals surface area contributed by atoms with Crippen LogP contribution in [0.2, 0.25) is 0 Å². The Morgan fingerprint density at radius 1 is 0.735 bits per heavy atom. The van der Waals surface area contributed by atoms with Crippen LogP contribution in [0.15, 0.2) is 58.3 Å². The minimum Gasteiger partial charge on any atom is -0.744 e. The monoisotopic (exact) mass is 525 g/mol. The van der Waals surface area contributed by atoms with Crippen molar-refractivity contribution in [2.45, 2.75) is 9.79 Å². The van der Waals surface area contributed by atoms with Crippen LogP contribution in [0.5, 0.6) is 0 Å². The van der Waals surface area contributed by atoms with Gasteiger partial charge in [-0.3, -0.25) is 0 Å². The van der Waals surface area contributed by atoms with Crippen LogP contribution < -0.4 is 80.8 Å². The predicted molar refractivity (Wildman–Crippen MR) is 113 cm³/mol. The summed E-state index contributed by atoms with van der Waals surface area (Å²) < 4.78 is 66.9. The largest absolute Gasteiger partial charge is 1.00 e. The van der Waals surface area contributed by atoms with Gasteiger partial charge in [0.1, 0.15) is 20.2 Å². The van der Waals surface area contributed by atoms with Crippen LogP contribution >= 0.6 is 0 Å². The van der Waals surface area contributed by atoms with Gasteiger partial charge in [-0.2, -0.15) is 15.0 Å². The van der Waals surface area contributed by atoms with E-state index in [2.05, 4.69) is 30.9 Å². The van der Waals surface area contributed by atoms with Gasteiger partial charge in [0.2, 0.25) is 17.8 Å². The van der Waals surface area contributed by atoms with E-state index in [9.17, 15) is 25.9 Å². The van der Waals surface area contributed by atoms with Crippen molar-refractivity contribution < 1.29 is 85.1 Å². The van der Waals surface area contributed by atoms with E-state index in [-0.39, 0.29) is 87.5 Å². The Kier molecular flexibility index (Phi) is 11.8. The molecule has 0 radical (unpaired) electrons. The van der Waals surface area contributed by atoms with Crippen LogP contribution in [-0.4, -0.2) is 54.0 Å². The Morgan fingerprint density at radius 3 is 1.79 bits per heavy atom. The summed E-state index contributed by atoms with van der Waals surface area (Å²) in [5, 5.41) is 8.51. The van der Waals surface area contributed by atoms with Crippen LogP contribution in [0.1, 0.15) is 0 Å². The summed E-state index contributed by atoms with van der Waals surface area (Å²) in [5.41, 5.74) is 6.11. The fourth-order valence-corrected chi connectivity index (χ4v) is 3.43. The van der Waals surface area contributed by atoms with Crippen LogP contribution in [0.25, 0.3) is 0 Å². The topological polar surface area (TPSA) is 215 Å². The summed E-state index contributed by atoms with van der Waals surface area (Å²) in [5.74, 6) is 0.204. The maximum absolute atomic E-state index is 11.2. The van der Waals surface area contributed by atoms with Crippen molar-refractivity contribution in [2.24, 2.45) is 5.73 Å². The molecular formula is C17H17N7Na2O6S2. The Balaban J connectivity index is 0.00000289. The van der Waals surface area contributed by atoms with Crippen molar-refractivity contribution in [3.05, 3.63) is 48.5 Å². The number of benzene rings is 2. The Morgan fingerprint density at radius 2 is 1.26 bits per heavy atom. The van der Waals surface area contributed by atoms with E-state index in [0.29, 0.717) is 18.8 Å². The minimum atomic E-state index is -4.65. The van der Waals surface area contributed by atoms with Crippen LogP contribution in [0.4, 0.5) is 29.2 Å². The third-order valence-corrected chi connectivity index (χ3v) is 5.52. The fraction of sp³-hybridized carbons (Fsp3) is 0.118. The van der Waals surface area contributed by atoms with E-state index in [1.165, 1.54) is 24.3 Å². The third-order valence-electron chi connectivity index (χ3n) is 3.84. The molecule has 0 unspecified atom stereocenters. The molecule has 5 N–H and O–H groups in total. The van der Waals surface area contributed by atoms with E-state index in [4.69, 9.17) is 5.73 Å². The van der Waals surface area contributed by atoms with E-state index >= 15 is 0 Å². The average Bonchev–Trinajstić information content (AvgIpc) is 2.71. The van der Waals surface area contributed by atoms with Crippen molar-refractivity contribution in [3.63, 3.8) is 0 Å². The molecule has 1 aromatic heterocycles. The van der Waals surface area contributed by atoms with Crippen LogP contribution in [0, 0.1) is 0 Å². The second kappa shape index (κ2) is 13.1. The van der Waals surface area contributed by atoms with Crippen LogP contribution in [0.3, 0.4) is 0 Å². The molecule has 0 spiro atoms. The van der Waals surface area contributed by atoms with Crippen molar-refractivity contribution in [1.29, 1.82) is 0 Å². The molecule has 2 aromatic carbocycles. The maximum atomic E-state index is 11.2. The number of nitrogens with one attached hydrogen (secondary N) is 3. The summed E-state index contributed by atoms with van der Waals surface area (Å²) in [4.78, 5) is 11.7. The van der Waals surface area contributed by atoms with E-state index in [0.717, 1.165) is 24.3 Å². The summed E-state index contributed by atoms with van der Waals surface area (Å²) in [6, 6.07) is 10.2. The molecule has 0 saturated carbocycles. The molecule has 0 aliphatic heterocycles. The van der Waals surface area contributed by atoms with E-state index < -0.39 is 25.1 Å². The first-order valence-electron chi connectivity index (χ1n) is 8.90. The van der Waals surface area contributed by atoms with Gasteiger partial charge < -0.3 is 30.8 Å². The zero-order valence-corrected chi connectivity index (χ0v) is 23.9. The number of aromatic nitrogens is 3. The first-order valence-corrected chi connectivity index (χ1v) is 11.7. The Bertz CT molecular complexity index is 1330. The van der Waals surface area contributed by atoms with Crippen molar-refractivity contribution in [2.75, 3.05) is 29.0 Å². The number of hydrogen-bond donors (Lipinski definition) is 4. The Labute approximate surface area is 240 Å². The second-order valence-electron chi connectivity index (χ2n) is 6.23. The number of anilines is 5. The molecule has 1 heterocycles. The molecule has 0 aliphatic carbocycles. The van der Waals surface area contributed by atoms with E-state index in [1.807, 2.05) is 0 Å². The van der Waals surface area contributed by atoms with Crippen molar-refractivity contribution in [1.82, 2.24) is 15.0 Å². The minimum absolute atomic E-state index is 0. The summed E-state index contributed by atoms with van der Waals surface area (Å²) in [7, 11) is -9.23. The van der Waals surface area contributed by atoms with Gasteiger partial charge in [-0.1, -0.05) is 6.07 Å². The van der Waals surface area contributed by atoms with Gasteiger partial charge in [-0.15, -0.1) is 0 Å². The predicted octanol–water partition coefficient (Wildman–Crippen LogP) is -5.45. The third kappa shape index (κ3) is 9.01. The SMILES string of the molecule is NCCNc1nc(Nc2ccc(S(=O)(=O)[O-])cc2)nc(Nc2cccc(S(=O)(=O)[O-])c2)n1.[Na+].[Na+]. The maximum Gasteiger partial charge on any atom is 1.00 e. The zero-order chi connectivity index (χ0) is 23.4. The molecule has 3 aromatic rings. The van der Waals surface area contributed by atoms with Crippen molar-refractivity contribution in [3.8, 4) is 0 Å². The summed E-state index contributed by atoms with van der Waals surface area (Å²) >= 11 is 0. The number of rotatable bonds is 9. The average molecular weight is 525 g/mol. The molecule has 0 fully saturated rings. The molecular weight excluding hydrogens is 508 g/mol. The molecule has 34 heavy (non-hydrogen) atoms. The molecule has 0 bridgehead atoms. The second-order valence-corrected chi connectivity index (χ2v) is 8.99. The zero-order valence-electron chi connectivity index (χ0n) is 18.2. The van der Waals surface area contributed by atoms with Gasteiger partial charge in [-0.25, -0.2) is 16.8 Å². The summed E-state index contributed by atoms with van der Waals surface area (Å²) in [6.07, 6.45) is 0. The van der Waals surface area contributed by atoms with E-state index in [1.54, 1.807) is 0 Å². The molecule has 0 aliphatic rings. The molecule has 17 heteroatoms. The normalized spacial score (nSPS) is 11.0.